The summed E-state index contributed by atoms with van der Waals surface area (Å²) in [5.41, 5.74) is 16.6. The van der Waals surface area contributed by atoms with Crippen LogP contribution in [-0.2, 0) is 9.59 Å². The zero-order chi connectivity index (χ0) is 18.7. The Bertz CT molecular complexity index is 491. The number of nitrogens with two attached hydrogens (primary N) is 2. The van der Waals surface area contributed by atoms with Crippen molar-refractivity contribution >= 4 is 11.9 Å². The highest BCUT2D eigenvalue weighted by Gasteiger charge is 2.22. The number of imidazole rings is 1. The largest absolute Gasteiger partial charge is 0.480 e. The number of aromatic nitrogens is 2. The summed E-state index contributed by atoms with van der Waals surface area (Å²) in [6.45, 7) is 1.06. The van der Waals surface area contributed by atoms with Crippen molar-refractivity contribution in [3.63, 3.8) is 0 Å². The topological polar surface area (TPSA) is 160 Å². The molecule has 1 aromatic rings. The van der Waals surface area contributed by atoms with Gasteiger partial charge in [0.15, 0.2) is 24.5 Å². The van der Waals surface area contributed by atoms with E-state index in [0.717, 1.165) is 12.8 Å². The summed E-state index contributed by atoms with van der Waals surface area (Å²) >= 11 is 0. The first-order valence-electron chi connectivity index (χ1n) is 8.46. The summed E-state index contributed by atoms with van der Waals surface area (Å²) in [4.78, 5) is 22.6. The highest BCUT2D eigenvalue weighted by atomic mass is 16.4. The monoisotopic (exact) mass is 357 g/mol. The predicted molar refractivity (Wildman–Crippen MR) is 92.0 cm³/mol. The third-order valence-corrected chi connectivity index (χ3v) is 3.74. The van der Waals surface area contributed by atoms with E-state index < -0.39 is 24.0 Å². The number of rotatable bonds is 14. The maximum absolute atomic E-state index is 11.3. The van der Waals surface area contributed by atoms with E-state index in [0.29, 0.717) is 38.8 Å². The zero-order valence-electron chi connectivity index (χ0n) is 14.3. The van der Waals surface area contributed by atoms with Crippen LogP contribution in [0, 0.1) is 0 Å². The molecular weight excluding hydrogens is 328 g/mol. The molecule has 0 aliphatic carbocycles. The summed E-state index contributed by atoms with van der Waals surface area (Å²) in [6, 6.07) is -1.49. The lowest BCUT2D eigenvalue weighted by Crippen LogP contribution is -2.52. The standard InChI is InChI=1S/C15H28N6O4/c16-7-3-1-5-12(14(22)23)18-20-9-10-21(11-20)19-13(15(24)25)6-2-4-8-17/h9-13,18-19H,1-8,16-17H2,(H-,22,23,24,25)/p+1/t12-,13-/m0/s1. The number of carbonyl (C=O) groups is 2. The number of aliphatic carboxylic acids is 2. The minimum atomic E-state index is -0.949. The molecule has 0 spiro atoms. The van der Waals surface area contributed by atoms with Gasteiger partial charge in [0, 0.05) is 0 Å². The quantitative estimate of drug-likeness (QED) is 0.183. The van der Waals surface area contributed by atoms with Gasteiger partial charge >= 0.3 is 11.9 Å². The number of hydrogen-bond donors (Lipinski definition) is 6. The highest BCUT2D eigenvalue weighted by molar-refractivity contribution is 5.75. The Morgan fingerprint density at radius 3 is 2.08 bits per heavy atom. The van der Waals surface area contributed by atoms with Gasteiger partial charge in [-0.15, -0.1) is 9.35 Å². The van der Waals surface area contributed by atoms with Crippen molar-refractivity contribution in [3.8, 4) is 0 Å². The molecule has 1 aromatic heterocycles. The third kappa shape index (κ3) is 7.86. The maximum atomic E-state index is 11.3. The molecule has 10 nitrogen and oxygen atoms in total. The number of nitrogens with one attached hydrogen (secondary N) is 2. The van der Waals surface area contributed by atoms with Crippen molar-refractivity contribution in [2.45, 2.75) is 50.6 Å². The average Bonchev–Trinajstić information content (AvgIpc) is 3.00. The number of hydrogen-bond acceptors (Lipinski definition) is 6. The van der Waals surface area contributed by atoms with E-state index in [4.69, 9.17) is 11.5 Å². The Kier molecular flexibility index (Phi) is 9.33. The Labute approximate surface area is 146 Å². The van der Waals surface area contributed by atoms with Crippen LogP contribution in [-0.4, -0.2) is 52.0 Å². The van der Waals surface area contributed by atoms with Gasteiger partial charge in [0.1, 0.15) is 0 Å². The molecular formula is C15H29N6O4+. The molecule has 0 aromatic carbocycles. The average molecular weight is 357 g/mol. The number of nitrogens with zero attached hydrogens (tertiary/aromatic N) is 2. The van der Waals surface area contributed by atoms with Crippen LogP contribution in [0.25, 0.3) is 0 Å². The van der Waals surface area contributed by atoms with Crippen molar-refractivity contribution < 1.29 is 24.5 Å². The Hall–Kier alpha value is -2.33. The number of unbranched alkanes of at least 4 members (excludes halogenated alkanes) is 2. The van der Waals surface area contributed by atoms with E-state index >= 15 is 0 Å². The Morgan fingerprint density at radius 1 is 1.00 bits per heavy atom. The molecule has 0 saturated heterocycles. The van der Waals surface area contributed by atoms with Crippen molar-refractivity contribution in [2.75, 3.05) is 23.9 Å². The molecule has 0 unspecified atom stereocenters. The SMILES string of the molecule is NCCCC[C@H](Nn1cc[n+](N[C@@H](CCCCN)C(=O)O)c1)C(=O)O. The highest BCUT2D eigenvalue weighted by Crippen LogP contribution is 2.03. The molecule has 0 saturated carbocycles. The minimum absolute atomic E-state index is 0.453. The molecule has 0 radical (unpaired) electrons. The third-order valence-electron chi connectivity index (χ3n) is 3.74. The van der Waals surface area contributed by atoms with Crippen LogP contribution in [0.5, 0.6) is 0 Å². The fourth-order valence-corrected chi connectivity index (χ4v) is 2.34. The molecule has 8 N–H and O–H groups in total. The molecule has 0 fully saturated rings. The van der Waals surface area contributed by atoms with Crippen molar-refractivity contribution in [1.29, 1.82) is 0 Å². The first-order valence-corrected chi connectivity index (χ1v) is 8.46. The summed E-state index contributed by atoms with van der Waals surface area (Å²) in [7, 11) is 0. The van der Waals surface area contributed by atoms with Crippen LogP contribution in [0.3, 0.4) is 0 Å². The molecule has 1 heterocycles. The van der Waals surface area contributed by atoms with Gasteiger partial charge in [-0.1, -0.05) is 0 Å². The summed E-state index contributed by atoms with van der Waals surface area (Å²) in [5.74, 6) is -1.90. The molecule has 142 valence electrons. The van der Waals surface area contributed by atoms with Crippen molar-refractivity contribution in [2.24, 2.45) is 11.5 Å². The second-order valence-electron chi connectivity index (χ2n) is 5.84. The predicted octanol–water partition coefficient (Wildman–Crippen LogP) is -0.973. The lowest BCUT2D eigenvalue weighted by atomic mass is 10.1. The van der Waals surface area contributed by atoms with Gasteiger partial charge in [0.2, 0.25) is 0 Å². The lowest BCUT2D eigenvalue weighted by molar-refractivity contribution is -0.651. The van der Waals surface area contributed by atoms with Crippen LogP contribution in [0.4, 0.5) is 0 Å². The molecule has 0 aliphatic rings. The van der Waals surface area contributed by atoms with E-state index in [-0.39, 0.29) is 0 Å². The van der Waals surface area contributed by atoms with Gasteiger partial charge in [-0.25, -0.2) is 20.4 Å². The van der Waals surface area contributed by atoms with E-state index in [1.807, 2.05) is 0 Å². The second kappa shape index (κ2) is 11.3. The number of carboxylic acids is 2. The van der Waals surface area contributed by atoms with Crippen LogP contribution in [0.2, 0.25) is 0 Å². The number of carboxylic acid groups (broad SMARTS) is 2. The van der Waals surface area contributed by atoms with Gasteiger partial charge in [0.25, 0.3) is 6.33 Å². The minimum Gasteiger partial charge on any atom is -0.480 e. The van der Waals surface area contributed by atoms with Gasteiger partial charge in [-0.05, 0) is 51.6 Å². The van der Waals surface area contributed by atoms with Gasteiger partial charge in [-0.2, -0.15) is 0 Å². The van der Waals surface area contributed by atoms with E-state index in [9.17, 15) is 19.8 Å². The van der Waals surface area contributed by atoms with Gasteiger partial charge < -0.3 is 21.7 Å². The van der Waals surface area contributed by atoms with Crippen LogP contribution in [0.15, 0.2) is 18.7 Å². The normalized spacial score (nSPS) is 13.2. The van der Waals surface area contributed by atoms with Crippen LogP contribution < -0.4 is 27.0 Å². The first-order chi connectivity index (χ1) is 12.0. The van der Waals surface area contributed by atoms with Gasteiger partial charge in [-0.3, -0.25) is 0 Å². The van der Waals surface area contributed by atoms with E-state index in [2.05, 4.69) is 10.9 Å². The molecule has 0 bridgehead atoms. The van der Waals surface area contributed by atoms with E-state index in [1.54, 1.807) is 18.7 Å². The maximum Gasteiger partial charge on any atom is 0.329 e. The fourth-order valence-electron chi connectivity index (χ4n) is 2.34. The molecule has 25 heavy (non-hydrogen) atoms. The molecule has 0 amide bonds. The van der Waals surface area contributed by atoms with Gasteiger partial charge in [0.05, 0.1) is 0 Å². The summed E-state index contributed by atoms with van der Waals surface area (Å²) in [5, 5.41) is 18.5. The van der Waals surface area contributed by atoms with E-state index in [1.165, 1.54) is 9.35 Å². The Balaban J connectivity index is 2.60. The van der Waals surface area contributed by atoms with Crippen molar-refractivity contribution in [3.05, 3.63) is 18.7 Å². The van der Waals surface area contributed by atoms with Crippen LogP contribution in [0.1, 0.15) is 38.5 Å². The summed E-state index contributed by atoms with van der Waals surface area (Å²) < 4.78 is 2.99. The first kappa shape index (κ1) is 20.7. The molecule has 2 atom stereocenters. The fraction of sp³-hybridized carbons (Fsp3) is 0.667. The van der Waals surface area contributed by atoms with Crippen molar-refractivity contribution in [1.82, 2.24) is 4.68 Å². The molecule has 1 rings (SSSR count). The smallest absolute Gasteiger partial charge is 0.329 e. The Morgan fingerprint density at radius 2 is 1.56 bits per heavy atom. The second-order valence-corrected chi connectivity index (χ2v) is 5.84. The molecule has 0 aliphatic heterocycles. The lowest BCUT2D eigenvalue weighted by Gasteiger charge is -2.13. The summed E-state index contributed by atoms with van der Waals surface area (Å²) in [6.07, 6.45) is 8.64. The zero-order valence-corrected chi connectivity index (χ0v) is 14.3. The van der Waals surface area contributed by atoms with Crippen LogP contribution >= 0.6 is 0 Å². The molecule has 10 heteroatoms.